The number of oxime groups is 1. The molecular formula is C31H36ClN3O9S2. The topological polar surface area (TPSA) is 151 Å². The molecule has 12 nitrogen and oxygen atoms in total. The van der Waals surface area contributed by atoms with Crippen molar-refractivity contribution in [2.24, 2.45) is 11.1 Å². The molecule has 0 saturated carbocycles. The molecule has 0 spiro atoms. The molecule has 1 aromatic carbocycles. The first-order chi connectivity index (χ1) is 21.6. The average Bonchev–Trinajstić information content (AvgIpc) is 3.42. The highest BCUT2D eigenvalue weighted by molar-refractivity contribution is 7.86. The van der Waals surface area contributed by atoms with Crippen molar-refractivity contribution in [1.29, 1.82) is 0 Å². The van der Waals surface area contributed by atoms with E-state index in [1.54, 1.807) is 64.5 Å². The molecule has 2 aromatic rings. The quantitative estimate of drug-likeness (QED) is 0.105. The highest BCUT2D eigenvalue weighted by Gasteiger charge is 2.57. The maximum Gasteiger partial charge on any atom is 0.355 e. The summed E-state index contributed by atoms with van der Waals surface area (Å²) in [5.74, 6) is -3.24. The molecule has 248 valence electrons. The van der Waals surface area contributed by atoms with Gasteiger partial charge >= 0.3 is 11.9 Å². The van der Waals surface area contributed by atoms with E-state index < -0.39 is 56.9 Å². The van der Waals surface area contributed by atoms with E-state index >= 15 is 0 Å². The number of nitrogens with zero attached hydrogens (tertiary/aromatic N) is 3. The number of ether oxygens (including phenoxy) is 3. The van der Waals surface area contributed by atoms with Crippen molar-refractivity contribution in [3.8, 4) is 5.75 Å². The third-order valence-corrected chi connectivity index (χ3v) is 9.79. The van der Waals surface area contributed by atoms with Crippen LogP contribution in [0.2, 0.25) is 0 Å². The number of hydrogen-bond donors (Lipinski definition) is 0. The van der Waals surface area contributed by atoms with E-state index in [4.69, 9.17) is 30.6 Å². The van der Waals surface area contributed by atoms with Crippen LogP contribution in [-0.4, -0.2) is 78.8 Å². The van der Waals surface area contributed by atoms with Crippen molar-refractivity contribution in [3.05, 3.63) is 57.2 Å². The number of methoxy groups -OCH3 is 1. The van der Waals surface area contributed by atoms with Gasteiger partial charge in [0.2, 0.25) is 11.5 Å². The Morgan fingerprint density at radius 3 is 2.39 bits per heavy atom. The van der Waals surface area contributed by atoms with Gasteiger partial charge in [-0.15, -0.1) is 22.9 Å². The van der Waals surface area contributed by atoms with Gasteiger partial charge in [-0.1, -0.05) is 17.3 Å². The number of carbonyl (C=O) groups is 4. The van der Waals surface area contributed by atoms with E-state index in [0.29, 0.717) is 21.9 Å². The Kier molecular flexibility index (Phi) is 10.7. The lowest BCUT2D eigenvalue weighted by Crippen LogP contribution is -2.66. The number of aromatic nitrogens is 1. The molecule has 0 bridgehead atoms. The number of benzene rings is 1. The third-order valence-electron chi connectivity index (χ3n) is 6.99. The fraction of sp³-hybridized carbons (Fsp3) is 0.484. The van der Waals surface area contributed by atoms with Crippen LogP contribution < -0.4 is 4.74 Å². The SMILES string of the molecule is COc1ccc(COC(=O)C2=C(CCl)CS(=O)[C@@H]3[C@H](CC(=O)/C(=N\OC(C)(C)C(=O)OC(C)(C)C)c4csc(C)n4)C(=O)N23)cc1. The predicted octanol–water partition coefficient (Wildman–Crippen LogP) is 4.04. The van der Waals surface area contributed by atoms with Gasteiger partial charge in [0.25, 0.3) is 0 Å². The van der Waals surface area contributed by atoms with Crippen LogP contribution in [0.3, 0.4) is 0 Å². The number of aryl methyl sites for hydroxylation is 1. The van der Waals surface area contributed by atoms with Crippen molar-refractivity contribution in [2.45, 2.75) is 71.1 Å². The van der Waals surface area contributed by atoms with Gasteiger partial charge in [0.05, 0.1) is 23.8 Å². The van der Waals surface area contributed by atoms with Crippen LogP contribution in [0.25, 0.3) is 0 Å². The first kappa shape index (κ1) is 35.2. The molecule has 1 fully saturated rings. The maximum absolute atomic E-state index is 13.7. The first-order valence-electron chi connectivity index (χ1n) is 14.3. The van der Waals surface area contributed by atoms with E-state index in [2.05, 4.69) is 10.1 Å². The minimum atomic E-state index is -1.65. The van der Waals surface area contributed by atoms with Crippen LogP contribution in [0.15, 0.2) is 46.1 Å². The second-order valence-electron chi connectivity index (χ2n) is 12.2. The number of amides is 1. The number of rotatable bonds is 12. The van der Waals surface area contributed by atoms with Gasteiger partial charge in [-0.2, -0.15) is 0 Å². The number of ketones is 1. The summed E-state index contributed by atoms with van der Waals surface area (Å²) in [4.78, 5) is 64.1. The monoisotopic (exact) mass is 693 g/mol. The van der Waals surface area contributed by atoms with Crippen molar-refractivity contribution in [3.63, 3.8) is 0 Å². The van der Waals surface area contributed by atoms with Gasteiger partial charge in [-0.3, -0.25) is 18.7 Å². The number of alkyl halides is 1. The van der Waals surface area contributed by atoms with E-state index in [9.17, 15) is 23.4 Å². The number of fused-ring (bicyclic) bond motifs is 1. The van der Waals surface area contributed by atoms with Crippen LogP contribution in [0.5, 0.6) is 5.75 Å². The summed E-state index contributed by atoms with van der Waals surface area (Å²) < 4.78 is 29.3. The Balaban J connectivity index is 1.53. The molecule has 1 amide bonds. The van der Waals surface area contributed by atoms with Crippen LogP contribution in [-0.2, 0) is 50.9 Å². The second kappa shape index (κ2) is 14.0. The van der Waals surface area contributed by atoms with E-state index in [0.717, 1.165) is 4.90 Å². The number of Topliss-reactive ketones (excluding diaryl/α,β-unsaturated/α-hetero) is 1. The summed E-state index contributed by atoms with van der Waals surface area (Å²) in [5, 5.41) is 5.33. The summed E-state index contributed by atoms with van der Waals surface area (Å²) >= 11 is 7.38. The lowest BCUT2D eigenvalue weighted by molar-refractivity contribution is -0.179. The summed E-state index contributed by atoms with van der Waals surface area (Å²) in [5.41, 5.74) is -1.39. The fourth-order valence-electron chi connectivity index (χ4n) is 4.64. The smallest absolute Gasteiger partial charge is 0.355 e. The van der Waals surface area contributed by atoms with E-state index in [1.807, 2.05) is 0 Å². The number of β-lactam (4-membered cyclic amide) rings is 1. The molecule has 0 aliphatic carbocycles. The summed E-state index contributed by atoms with van der Waals surface area (Å²) in [6.07, 6.45) is -0.387. The van der Waals surface area contributed by atoms with E-state index in [1.165, 1.54) is 25.2 Å². The minimum Gasteiger partial charge on any atom is -0.497 e. The van der Waals surface area contributed by atoms with Crippen molar-refractivity contribution < 1.29 is 42.4 Å². The van der Waals surface area contributed by atoms with Gasteiger partial charge in [-0.25, -0.2) is 14.6 Å². The summed E-state index contributed by atoms with van der Waals surface area (Å²) in [7, 11) is -0.111. The highest BCUT2D eigenvalue weighted by Crippen LogP contribution is 2.41. The molecule has 0 radical (unpaired) electrons. The zero-order valence-corrected chi connectivity index (χ0v) is 29.0. The predicted molar refractivity (Wildman–Crippen MR) is 172 cm³/mol. The first-order valence-corrected chi connectivity index (χ1v) is 17.1. The van der Waals surface area contributed by atoms with Gasteiger partial charge in [0.1, 0.15) is 34.7 Å². The normalized spacial score (nSPS) is 20.1. The lowest BCUT2D eigenvalue weighted by atomic mass is 9.89. The van der Waals surface area contributed by atoms with Gasteiger partial charge in [0.15, 0.2) is 11.5 Å². The number of esters is 2. The summed E-state index contributed by atoms with van der Waals surface area (Å²) in [6.45, 7) is 9.71. The lowest BCUT2D eigenvalue weighted by Gasteiger charge is -2.49. The molecule has 2 aliphatic rings. The van der Waals surface area contributed by atoms with Crippen LogP contribution >= 0.6 is 22.9 Å². The Bertz CT molecular complexity index is 1610. The van der Waals surface area contributed by atoms with Crippen molar-refractivity contribution >= 4 is 63.1 Å². The number of halogens is 1. The zero-order valence-electron chi connectivity index (χ0n) is 26.6. The van der Waals surface area contributed by atoms with Crippen molar-refractivity contribution in [2.75, 3.05) is 18.7 Å². The van der Waals surface area contributed by atoms with E-state index in [-0.39, 0.29) is 41.8 Å². The van der Waals surface area contributed by atoms with Gasteiger partial charge in [-0.05, 0) is 64.8 Å². The molecule has 15 heteroatoms. The third kappa shape index (κ3) is 7.84. The standard InChI is InChI=1S/C31H36ClN3O9S2/c1-17-33-22(15-45-17)24(34-44-31(5,6)29(39)43-30(2,3)4)23(36)12-21-26(37)35-25(19(13-32)16-46(40)27(21)35)28(38)42-14-18-8-10-20(41-7)11-9-18/h8-11,15,21,27H,12-14,16H2,1-7H3/b34-24-/t21-,27-,46?/m1/s1. The van der Waals surface area contributed by atoms with Crippen LogP contribution in [0.1, 0.15) is 57.3 Å². The fourth-order valence-corrected chi connectivity index (χ4v) is 7.34. The molecule has 3 atom stereocenters. The number of hydrogen-bond acceptors (Lipinski definition) is 12. The Labute approximate surface area is 278 Å². The largest absolute Gasteiger partial charge is 0.497 e. The average molecular weight is 694 g/mol. The Morgan fingerprint density at radius 2 is 1.83 bits per heavy atom. The van der Waals surface area contributed by atoms with Gasteiger partial charge in [0, 0.05) is 28.5 Å². The molecule has 1 saturated heterocycles. The number of carbonyl (C=O) groups excluding carboxylic acids is 4. The molecule has 2 aliphatic heterocycles. The number of thiazole rings is 1. The van der Waals surface area contributed by atoms with Crippen molar-refractivity contribution in [1.82, 2.24) is 9.88 Å². The molecule has 1 unspecified atom stereocenters. The molecule has 3 heterocycles. The molecule has 46 heavy (non-hydrogen) atoms. The van der Waals surface area contributed by atoms with Crippen LogP contribution in [0, 0.1) is 12.8 Å². The Hall–Kier alpha value is -3.62. The molecule has 0 N–H and O–H groups in total. The molecule has 1 aromatic heterocycles. The zero-order chi connectivity index (χ0) is 34.0. The van der Waals surface area contributed by atoms with Crippen LogP contribution in [0.4, 0.5) is 0 Å². The minimum absolute atomic E-state index is 0.0605. The Morgan fingerprint density at radius 1 is 1.15 bits per heavy atom. The van der Waals surface area contributed by atoms with Gasteiger partial charge < -0.3 is 19.0 Å². The highest BCUT2D eigenvalue weighted by atomic mass is 35.5. The second-order valence-corrected chi connectivity index (χ2v) is 15.0. The maximum atomic E-state index is 13.7. The molecular weight excluding hydrogens is 658 g/mol. The summed E-state index contributed by atoms with van der Waals surface area (Å²) in [6, 6.07) is 6.92. The molecule has 4 rings (SSSR count).